The minimum atomic E-state index is -0.627. The molecule has 2 atom stereocenters. The van der Waals surface area contributed by atoms with E-state index in [0.717, 1.165) is 19.3 Å². The SMILES string of the molecule is C=C1CCCC1/C=C/C(C)(O)CCCCC. The summed E-state index contributed by atoms with van der Waals surface area (Å²) in [5.74, 6) is 0.512. The van der Waals surface area contributed by atoms with Gasteiger partial charge >= 0.3 is 0 Å². The number of hydrogen-bond acceptors (Lipinski definition) is 1. The molecule has 0 amide bonds. The molecule has 0 aromatic heterocycles. The van der Waals surface area contributed by atoms with E-state index in [9.17, 15) is 5.11 Å². The van der Waals surface area contributed by atoms with Crippen LogP contribution in [-0.2, 0) is 0 Å². The van der Waals surface area contributed by atoms with Gasteiger partial charge in [0.1, 0.15) is 0 Å². The van der Waals surface area contributed by atoms with Crippen LogP contribution in [0.2, 0.25) is 0 Å². The fourth-order valence-electron chi connectivity index (χ4n) is 2.31. The molecule has 0 aromatic carbocycles. The standard InChI is InChI=1S/C15H26O/c1-4-5-6-11-15(3,16)12-10-14-9-7-8-13(14)2/h10,12,14,16H,2,4-9,11H2,1,3H3/b12-10+. The highest BCUT2D eigenvalue weighted by molar-refractivity contribution is 5.15. The molecule has 0 aromatic rings. The first kappa shape index (κ1) is 13.5. The summed E-state index contributed by atoms with van der Waals surface area (Å²) in [6.45, 7) is 8.18. The number of hydrogen-bond donors (Lipinski definition) is 1. The Bertz CT molecular complexity index is 250. The van der Waals surface area contributed by atoms with E-state index in [2.05, 4.69) is 19.6 Å². The third-order valence-electron chi connectivity index (χ3n) is 3.51. The molecule has 2 unspecified atom stereocenters. The first-order valence-corrected chi connectivity index (χ1v) is 6.64. The second-order valence-corrected chi connectivity index (χ2v) is 5.33. The van der Waals surface area contributed by atoms with Crippen molar-refractivity contribution in [3.05, 3.63) is 24.3 Å². The molecule has 0 spiro atoms. The lowest BCUT2D eigenvalue weighted by Crippen LogP contribution is -2.20. The average molecular weight is 222 g/mol. The largest absolute Gasteiger partial charge is 0.386 e. The van der Waals surface area contributed by atoms with Gasteiger partial charge in [-0.15, -0.1) is 0 Å². The van der Waals surface area contributed by atoms with E-state index >= 15 is 0 Å². The predicted octanol–water partition coefficient (Wildman–Crippen LogP) is 4.23. The number of unbranched alkanes of at least 4 members (excludes halogenated alkanes) is 2. The quantitative estimate of drug-likeness (QED) is 0.526. The van der Waals surface area contributed by atoms with Crippen molar-refractivity contribution in [2.24, 2.45) is 5.92 Å². The predicted molar refractivity (Wildman–Crippen MR) is 70.4 cm³/mol. The average Bonchev–Trinajstić information content (AvgIpc) is 2.62. The maximum absolute atomic E-state index is 10.2. The van der Waals surface area contributed by atoms with Crippen LogP contribution in [0.4, 0.5) is 0 Å². The summed E-state index contributed by atoms with van der Waals surface area (Å²) in [7, 11) is 0. The second kappa shape index (κ2) is 6.24. The van der Waals surface area contributed by atoms with Crippen molar-refractivity contribution in [2.45, 2.75) is 64.4 Å². The molecule has 1 rings (SSSR count). The third kappa shape index (κ3) is 4.52. The highest BCUT2D eigenvalue weighted by Crippen LogP contribution is 2.31. The summed E-state index contributed by atoms with van der Waals surface area (Å²) in [5, 5.41) is 10.2. The Kier molecular flexibility index (Phi) is 5.27. The van der Waals surface area contributed by atoms with Crippen LogP contribution < -0.4 is 0 Å². The molecule has 92 valence electrons. The molecule has 0 saturated heterocycles. The molecule has 16 heavy (non-hydrogen) atoms. The van der Waals surface area contributed by atoms with Crippen LogP contribution in [0.5, 0.6) is 0 Å². The molecule has 0 bridgehead atoms. The Morgan fingerprint density at radius 3 is 2.81 bits per heavy atom. The molecule has 0 radical (unpaired) electrons. The van der Waals surface area contributed by atoms with E-state index in [0.29, 0.717) is 5.92 Å². The summed E-state index contributed by atoms with van der Waals surface area (Å²) in [4.78, 5) is 0. The Morgan fingerprint density at radius 2 is 2.25 bits per heavy atom. The summed E-state index contributed by atoms with van der Waals surface area (Å²) in [6, 6.07) is 0. The van der Waals surface area contributed by atoms with Gasteiger partial charge in [0.25, 0.3) is 0 Å². The van der Waals surface area contributed by atoms with Crippen LogP contribution in [0, 0.1) is 5.92 Å². The van der Waals surface area contributed by atoms with Crippen LogP contribution in [0.3, 0.4) is 0 Å². The first-order chi connectivity index (χ1) is 7.55. The van der Waals surface area contributed by atoms with Crippen molar-refractivity contribution < 1.29 is 5.11 Å². The van der Waals surface area contributed by atoms with E-state index in [4.69, 9.17) is 0 Å². The van der Waals surface area contributed by atoms with Crippen molar-refractivity contribution in [2.75, 3.05) is 0 Å². The fourth-order valence-corrected chi connectivity index (χ4v) is 2.31. The molecule has 1 N–H and O–H groups in total. The summed E-state index contributed by atoms with van der Waals surface area (Å²) in [6.07, 6.45) is 12.2. The van der Waals surface area contributed by atoms with Crippen molar-refractivity contribution in [3.63, 3.8) is 0 Å². The molecular weight excluding hydrogens is 196 g/mol. The molecular formula is C15H26O. The van der Waals surface area contributed by atoms with E-state index in [1.54, 1.807) is 0 Å². The van der Waals surface area contributed by atoms with Crippen LogP contribution >= 0.6 is 0 Å². The molecule has 1 nitrogen and oxygen atoms in total. The van der Waals surface area contributed by atoms with Crippen LogP contribution in [0.15, 0.2) is 24.3 Å². The maximum atomic E-state index is 10.2. The van der Waals surface area contributed by atoms with Gasteiger partial charge in [0, 0.05) is 0 Å². The molecule has 0 aliphatic heterocycles. The number of allylic oxidation sites excluding steroid dienone is 2. The summed E-state index contributed by atoms with van der Waals surface area (Å²) in [5.41, 5.74) is 0.707. The minimum Gasteiger partial charge on any atom is -0.386 e. The van der Waals surface area contributed by atoms with Gasteiger partial charge < -0.3 is 5.11 Å². The Balaban J connectivity index is 2.38. The van der Waals surface area contributed by atoms with Crippen LogP contribution in [0.1, 0.15) is 58.8 Å². The zero-order chi connectivity index (χ0) is 12.0. The maximum Gasteiger partial charge on any atom is 0.0799 e. The van der Waals surface area contributed by atoms with Gasteiger partial charge in [-0.3, -0.25) is 0 Å². The first-order valence-electron chi connectivity index (χ1n) is 6.64. The Labute approximate surface area is 100 Å². The van der Waals surface area contributed by atoms with Crippen LogP contribution in [0.25, 0.3) is 0 Å². The lowest BCUT2D eigenvalue weighted by molar-refractivity contribution is 0.0981. The normalized spacial score (nSPS) is 25.2. The lowest BCUT2D eigenvalue weighted by atomic mass is 9.94. The zero-order valence-corrected chi connectivity index (χ0v) is 10.8. The van der Waals surface area contributed by atoms with Gasteiger partial charge in [-0.25, -0.2) is 0 Å². The van der Waals surface area contributed by atoms with Gasteiger partial charge in [-0.1, -0.05) is 50.5 Å². The van der Waals surface area contributed by atoms with Crippen molar-refractivity contribution in [1.82, 2.24) is 0 Å². The molecule has 1 saturated carbocycles. The molecule has 1 aliphatic carbocycles. The van der Waals surface area contributed by atoms with Gasteiger partial charge in [-0.2, -0.15) is 0 Å². The second-order valence-electron chi connectivity index (χ2n) is 5.33. The topological polar surface area (TPSA) is 20.2 Å². The minimum absolute atomic E-state index is 0.512. The van der Waals surface area contributed by atoms with Crippen molar-refractivity contribution in [3.8, 4) is 0 Å². The smallest absolute Gasteiger partial charge is 0.0799 e. The van der Waals surface area contributed by atoms with Crippen molar-refractivity contribution >= 4 is 0 Å². The van der Waals surface area contributed by atoms with Gasteiger partial charge in [0.05, 0.1) is 5.60 Å². The molecule has 0 heterocycles. The number of rotatable bonds is 6. The highest BCUT2D eigenvalue weighted by Gasteiger charge is 2.19. The van der Waals surface area contributed by atoms with Gasteiger partial charge in [0.2, 0.25) is 0 Å². The summed E-state index contributed by atoms with van der Waals surface area (Å²) >= 11 is 0. The number of aliphatic hydroxyl groups is 1. The van der Waals surface area contributed by atoms with Crippen molar-refractivity contribution in [1.29, 1.82) is 0 Å². The fraction of sp³-hybridized carbons (Fsp3) is 0.733. The summed E-state index contributed by atoms with van der Waals surface area (Å²) < 4.78 is 0. The lowest BCUT2D eigenvalue weighted by Gasteiger charge is -2.19. The van der Waals surface area contributed by atoms with E-state index in [1.165, 1.54) is 31.3 Å². The highest BCUT2D eigenvalue weighted by atomic mass is 16.3. The monoisotopic (exact) mass is 222 g/mol. The molecule has 1 heteroatoms. The van der Waals surface area contributed by atoms with E-state index in [-0.39, 0.29) is 0 Å². The molecule has 1 fully saturated rings. The van der Waals surface area contributed by atoms with E-state index in [1.807, 2.05) is 13.0 Å². The van der Waals surface area contributed by atoms with E-state index < -0.39 is 5.60 Å². The van der Waals surface area contributed by atoms with Gasteiger partial charge in [0.15, 0.2) is 0 Å². The van der Waals surface area contributed by atoms with Gasteiger partial charge in [-0.05, 0) is 38.5 Å². The Hall–Kier alpha value is -0.560. The third-order valence-corrected chi connectivity index (χ3v) is 3.51. The Morgan fingerprint density at radius 1 is 1.50 bits per heavy atom. The zero-order valence-electron chi connectivity index (χ0n) is 10.8. The van der Waals surface area contributed by atoms with Crippen LogP contribution in [-0.4, -0.2) is 10.7 Å². The molecule has 1 aliphatic rings.